The van der Waals surface area contributed by atoms with Crippen LogP contribution in [0.15, 0.2) is 114 Å². The highest BCUT2D eigenvalue weighted by molar-refractivity contribution is 6.31. The van der Waals surface area contributed by atoms with Gasteiger partial charge in [0.2, 0.25) is 0 Å². The van der Waals surface area contributed by atoms with E-state index in [0.717, 1.165) is 53.9 Å². The average Bonchev–Trinajstić information content (AvgIpc) is 2.95. The number of pyridine rings is 1. The molecule has 184 valence electrons. The molecule has 0 amide bonds. The molecular weight excluding hydrogens is 478 g/mol. The zero-order valence-electron chi connectivity index (χ0n) is 20.5. The zero-order valence-corrected chi connectivity index (χ0v) is 21.3. The Morgan fingerprint density at radius 2 is 1.32 bits per heavy atom. The van der Waals surface area contributed by atoms with Gasteiger partial charge < -0.3 is 14.8 Å². The quantitative estimate of drug-likeness (QED) is 0.337. The fraction of sp³-hybridized carbons (Fsp3) is 0.156. The van der Waals surface area contributed by atoms with E-state index in [4.69, 9.17) is 11.6 Å². The van der Waals surface area contributed by atoms with Crippen LogP contribution in [0.4, 0.5) is 5.69 Å². The molecule has 1 aromatic heterocycles. The third-order valence-electron chi connectivity index (χ3n) is 7.41. The number of piperazine rings is 1. The molecule has 5 heteroatoms. The van der Waals surface area contributed by atoms with Gasteiger partial charge in [-0.25, -0.2) is 0 Å². The van der Waals surface area contributed by atoms with Crippen molar-refractivity contribution < 1.29 is 4.90 Å². The van der Waals surface area contributed by atoms with E-state index in [-0.39, 0.29) is 11.6 Å². The second-order valence-corrected chi connectivity index (χ2v) is 10.1. The Morgan fingerprint density at radius 3 is 1.92 bits per heavy atom. The lowest BCUT2D eigenvalue weighted by Crippen LogP contribution is -3.15. The first kappa shape index (κ1) is 23.5. The molecule has 1 saturated heterocycles. The van der Waals surface area contributed by atoms with Crippen LogP contribution in [-0.2, 0) is 0 Å². The molecule has 37 heavy (non-hydrogen) atoms. The van der Waals surface area contributed by atoms with Crippen LogP contribution in [0.3, 0.4) is 0 Å². The largest absolute Gasteiger partial charge is 0.355 e. The summed E-state index contributed by atoms with van der Waals surface area (Å²) in [5, 5.41) is 1.63. The molecule has 2 heterocycles. The zero-order chi connectivity index (χ0) is 25.2. The molecule has 6 rings (SSSR count). The van der Waals surface area contributed by atoms with Crippen LogP contribution in [-0.4, -0.2) is 31.2 Å². The Morgan fingerprint density at radius 1 is 0.757 bits per heavy atom. The van der Waals surface area contributed by atoms with Gasteiger partial charge in [0.1, 0.15) is 11.7 Å². The number of nitrogens with zero attached hydrogens (tertiary/aromatic N) is 1. The maximum atomic E-state index is 13.5. The number of aromatic nitrogens is 1. The summed E-state index contributed by atoms with van der Waals surface area (Å²) in [6.07, 6.45) is 0. The molecule has 1 aliphatic rings. The van der Waals surface area contributed by atoms with Gasteiger partial charge in [0, 0.05) is 32.6 Å². The molecule has 1 fully saturated rings. The normalized spacial score (nSPS) is 14.4. The number of halogens is 1. The summed E-state index contributed by atoms with van der Waals surface area (Å²) in [5.41, 5.74) is 6.09. The highest BCUT2D eigenvalue weighted by atomic mass is 35.5. The fourth-order valence-corrected chi connectivity index (χ4v) is 5.89. The van der Waals surface area contributed by atoms with E-state index < -0.39 is 0 Å². The summed E-state index contributed by atoms with van der Waals surface area (Å²) < 4.78 is 0. The van der Waals surface area contributed by atoms with Crippen LogP contribution in [0.2, 0.25) is 5.02 Å². The lowest BCUT2D eigenvalue weighted by Gasteiger charge is -2.38. The number of nitrogens with one attached hydrogen (secondary N) is 2. The Hall–Kier alpha value is -3.86. The minimum atomic E-state index is -0.0557. The van der Waals surface area contributed by atoms with Gasteiger partial charge in [-0.3, -0.25) is 4.79 Å². The lowest BCUT2D eigenvalue weighted by atomic mass is 9.96. The highest BCUT2D eigenvalue weighted by Gasteiger charge is 2.32. The van der Waals surface area contributed by atoms with E-state index in [2.05, 4.69) is 82.7 Å². The van der Waals surface area contributed by atoms with Gasteiger partial charge in [-0.15, -0.1) is 0 Å². The first-order valence-corrected chi connectivity index (χ1v) is 13.2. The van der Waals surface area contributed by atoms with E-state index in [0.29, 0.717) is 5.02 Å². The molecule has 5 aromatic rings. The third kappa shape index (κ3) is 4.66. The molecule has 2 N–H and O–H groups in total. The molecule has 0 radical (unpaired) electrons. The summed E-state index contributed by atoms with van der Waals surface area (Å²) in [7, 11) is 0. The van der Waals surface area contributed by atoms with E-state index in [1.54, 1.807) is 0 Å². The summed E-state index contributed by atoms with van der Waals surface area (Å²) >= 11 is 6.42. The number of fused-ring (bicyclic) bond motifs is 1. The van der Waals surface area contributed by atoms with Crippen molar-refractivity contribution in [3.05, 3.63) is 136 Å². The van der Waals surface area contributed by atoms with Crippen molar-refractivity contribution in [2.24, 2.45) is 0 Å². The molecule has 0 atom stereocenters. The van der Waals surface area contributed by atoms with Crippen LogP contribution in [0, 0.1) is 0 Å². The van der Waals surface area contributed by atoms with E-state index in [1.165, 1.54) is 16.0 Å². The molecule has 0 unspecified atom stereocenters. The second kappa shape index (κ2) is 10.3. The predicted molar refractivity (Wildman–Crippen MR) is 153 cm³/mol. The smallest absolute Gasteiger partial charge is 0.272 e. The van der Waals surface area contributed by atoms with Crippen molar-refractivity contribution in [1.82, 2.24) is 4.98 Å². The molecular formula is C32H29ClN3O+. The van der Waals surface area contributed by atoms with Gasteiger partial charge >= 0.3 is 0 Å². The number of hydrogen-bond acceptors (Lipinski definition) is 2. The Labute approximate surface area is 221 Å². The molecule has 4 nitrogen and oxygen atoms in total. The van der Waals surface area contributed by atoms with Crippen LogP contribution in [0.5, 0.6) is 0 Å². The Bertz CT molecular complexity index is 1520. The van der Waals surface area contributed by atoms with E-state index in [9.17, 15) is 4.79 Å². The molecule has 0 saturated carbocycles. The number of rotatable bonds is 5. The summed E-state index contributed by atoms with van der Waals surface area (Å²) in [6, 6.07) is 37.6. The SMILES string of the molecule is O=c1[nH]c2ccc(Cl)cc2c(-c2ccccc2)c1N1CC[NH+](C(c2ccccc2)c2ccccc2)CC1. The molecule has 0 bridgehead atoms. The molecule has 0 aliphatic carbocycles. The van der Waals surface area contributed by atoms with Crippen LogP contribution >= 0.6 is 11.6 Å². The summed E-state index contributed by atoms with van der Waals surface area (Å²) in [6.45, 7) is 3.44. The van der Waals surface area contributed by atoms with Crippen LogP contribution < -0.4 is 15.4 Å². The van der Waals surface area contributed by atoms with Crippen molar-refractivity contribution in [3.63, 3.8) is 0 Å². The van der Waals surface area contributed by atoms with Crippen LogP contribution in [0.25, 0.3) is 22.0 Å². The van der Waals surface area contributed by atoms with Crippen molar-refractivity contribution in [3.8, 4) is 11.1 Å². The fourth-order valence-electron chi connectivity index (χ4n) is 5.71. The maximum absolute atomic E-state index is 13.5. The van der Waals surface area contributed by atoms with Crippen LogP contribution in [0.1, 0.15) is 17.2 Å². The summed E-state index contributed by atoms with van der Waals surface area (Å²) in [5.74, 6) is 0. The van der Waals surface area contributed by atoms with Gasteiger partial charge in [0.15, 0.2) is 0 Å². The number of quaternary nitrogens is 1. The van der Waals surface area contributed by atoms with E-state index in [1.807, 2.05) is 36.4 Å². The van der Waals surface area contributed by atoms with Gasteiger partial charge in [0.25, 0.3) is 5.56 Å². The van der Waals surface area contributed by atoms with Crippen molar-refractivity contribution >= 4 is 28.2 Å². The topological polar surface area (TPSA) is 40.5 Å². The molecule has 1 aliphatic heterocycles. The van der Waals surface area contributed by atoms with Crippen molar-refractivity contribution in [2.45, 2.75) is 6.04 Å². The number of anilines is 1. The third-order valence-corrected chi connectivity index (χ3v) is 7.64. The number of benzene rings is 4. The monoisotopic (exact) mass is 506 g/mol. The number of H-pyrrole nitrogens is 1. The minimum absolute atomic E-state index is 0.0557. The maximum Gasteiger partial charge on any atom is 0.272 e. The highest BCUT2D eigenvalue weighted by Crippen LogP contribution is 2.35. The van der Waals surface area contributed by atoms with Gasteiger partial charge in [-0.05, 0) is 23.8 Å². The predicted octanol–water partition coefficient (Wildman–Crippen LogP) is 5.34. The molecule has 0 spiro atoms. The number of hydrogen-bond donors (Lipinski definition) is 2. The lowest BCUT2D eigenvalue weighted by molar-refractivity contribution is -0.926. The Kier molecular flexibility index (Phi) is 6.52. The van der Waals surface area contributed by atoms with Gasteiger partial charge in [-0.2, -0.15) is 0 Å². The number of aromatic amines is 1. The average molecular weight is 507 g/mol. The van der Waals surface area contributed by atoms with Crippen molar-refractivity contribution in [2.75, 3.05) is 31.1 Å². The van der Waals surface area contributed by atoms with Gasteiger partial charge in [-0.1, -0.05) is 103 Å². The first-order chi connectivity index (χ1) is 18.2. The van der Waals surface area contributed by atoms with Crippen molar-refractivity contribution in [1.29, 1.82) is 0 Å². The molecule has 4 aromatic carbocycles. The minimum Gasteiger partial charge on any atom is -0.355 e. The first-order valence-electron chi connectivity index (χ1n) is 12.8. The Balaban J connectivity index is 1.38. The second-order valence-electron chi connectivity index (χ2n) is 9.63. The van der Waals surface area contributed by atoms with E-state index >= 15 is 0 Å². The van der Waals surface area contributed by atoms with Gasteiger partial charge in [0.05, 0.1) is 26.2 Å². The summed E-state index contributed by atoms with van der Waals surface area (Å²) in [4.78, 5) is 20.4. The standard InChI is InChI=1S/C32H28ClN3O/c33-26-16-17-28-27(22-26)29(23-10-4-1-5-11-23)31(32(37)34-28)36-20-18-35(19-21-36)30(24-12-6-2-7-13-24)25-14-8-3-9-15-25/h1-17,22,30H,18-21H2,(H,34,37)/p+1.